The second-order valence-electron chi connectivity index (χ2n) is 2.35. The predicted octanol–water partition coefficient (Wildman–Crippen LogP) is 0.501. The van der Waals surface area contributed by atoms with E-state index in [0.29, 0.717) is 6.54 Å². The van der Waals surface area contributed by atoms with Crippen LogP contribution in [-0.2, 0) is 9.53 Å². The molecule has 0 unspecified atom stereocenters. The van der Waals surface area contributed by atoms with Crippen molar-refractivity contribution in [1.29, 1.82) is 0 Å². The van der Waals surface area contributed by atoms with Gasteiger partial charge >= 0.3 is 5.97 Å². The van der Waals surface area contributed by atoms with Crippen molar-refractivity contribution in [2.45, 2.75) is 6.92 Å². The van der Waals surface area contributed by atoms with Gasteiger partial charge in [-0.25, -0.2) is 4.79 Å². The van der Waals surface area contributed by atoms with Crippen molar-refractivity contribution in [3.05, 3.63) is 11.1 Å². The van der Waals surface area contributed by atoms with E-state index in [1.54, 1.807) is 0 Å². The summed E-state index contributed by atoms with van der Waals surface area (Å²) in [4.78, 5) is 10.9. The molecule has 1 N–H and O–H groups in total. The number of esters is 1. The van der Waals surface area contributed by atoms with Gasteiger partial charge in [0, 0.05) is 13.1 Å². The van der Waals surface area contributed by atoms with Crippen LogP contribution in [0.2, 0.25) is 0 Å². The fourth-order valence-corrected chi connectivity index (χ4v) is 1.00. The van der Waals surface area contributed by atoms with E-state index in [2.05, 4.69) is 10.1 Å². The van der Waals surface area contributed by atoms with Crippen LogP contribution in [0.4, 0.5) is 0 Å². The van der Waals surface area contributed by atoms with Gasteiger partial charge in [-0.15, -0.1) is 12.4 Å². The minimum atomic E-state index is -0.206. The lowest BCUT2D eigenvalue weighted by Gasteiger charge is -1.98. The lowest BCUT2D eigenvalue weighted by Crippen LogP contribution is -2.13. The van der Waals surface area contributed by atoms with Gasteiger partial charge in [0.15, 0.2) is 0 Å². The number of halogens is 1. The third-order valence-electron chi connectivity index (χ3n) is 1.64. The lowest BCUT2D eigenvalue weighted by molar-refractivity contribution is -0.136. The number of hydrogen-bond donors (Lipinski definition) is 1. The lowest BCUT2D eigenvalue weighted by atomic mass is 10.2. The van der Waals surface area contributed by atoms with Crippen molar-refractivity contribution in [3.8, 4) is 0 Å². The van der Waals surface area contributed by atoms with Crippen molar-refractivity contribution in [2.24, 2.45) is 0 Å². The Bertz CT molecular complexity index is 189. The summed E-state index contributed by atoms with van der Waals surface area (Å²) in [6.45, 7) is 3.40. The Kier molecular flexibility index (Phi) is 4.15. The van der Waals surface area contributed by atoms with Crippen LogP contribution in [0.5, 0.6) is 0 Å². The van der Waals surface area contributed by atoms with Gasteiger partial charge < -0.3 is 10.1 Å². The number of carbonyl (C=O) groups is 1. The van der Waals surface area contributed by atoms with Gasteiger partial charge in [0.1, 0.15) is 0 Å². The van der Waals surface area contributed by atoms with E-state index in [1.807, 2.05) is 6.92 Å². The fraction of sp³-hybridized carbons (Fsp3) is 0.571. The third kappa shape index (κ3) is 2.20. The molecule has 1 rings (SSSR count). The maximum atomic E-state index is 10.9. The summed E-state index contributed by atoms with van der Waals surface area (Å²) in [5, 5.41) is 3.06. The summed E-state index contributed by atoms with van der Waals surface area (Å²) in [5.41, 5.74) is 1.87. The maximum absolute atomic E-state index is 10.9. The number of nitrogens with one attached hydrogen (secondary N) is 1. The second-order valence-corrected chi connectivity index (χ2v) is 2.35. The summed E-state index contributed by atoms with van der Waals surface area (Å²) < 4.78 is 4.57. The average molecular weight is 178 g/mol. The predicted molar refractivity (Wildman–Crippen MR) is 44.8 cm³/mol. The van der Waals surface area contributed by atoms with Gasteiger partial charge in [0.25, 0.3) is 0 Å². The zero-order valence-corrected chi connectivity index (χ0v) is 7.46. The van der Waals surface area contributed by atoms with E-state index >= 15 is 0 Å². The number of carbonyl (C=O) groups excluding carboxylic acids is 1. The van der Waals surface area contributed by atoms with Gasteiger partial charge in [0.2, 0.25) is 0 Å². The first-order valence-electron chi connectivity index (χ1n) is 3.23. The molecule has 0 aromatic heterocycles. The van der Waals surface area contributed by atoms with Crippen molar-refractivity contribution < 1.29 is 9.53 Å². The fourth-order valence-electron chi connectivity index (χ4n) is 1.00. The molecule has 0 radical (unpaired) electrons. The molecule has 0 aromatic carbocycles. The Morgan fingerprint density at radius 3 is 2.55 bits per heavy atom. The standard InChI is InChI=1S/C7H11NO2.ClH/c1-5-3-8-4-6(5)7(9)10-2;/h8H,3-4H2,1-2H3;1H. The minimum Gasteiger partial charge on any atom is -0.466 e. The molecule has 11 heavy (non-hydrogen) atoms. The molecule has 1 heterocycles. The van der Waals surface area contributed by atoms with Crippen LogP contribution >= 0.6 is 12.4 Å². The van der Waals surface area contributed by atoms with E-state index in [9.17, 15) is 4.79 Å². The topological polar surface area (TPSA) is 38.3 Å². The molecule has 1 aliphatic heterocycles. The summed E-state index contributed by atoms with van der Waals surface area (Å²) in [6, 6.07) is 0. The van der Waals surface area contributed by atoms with Crippen LogP contribution in [0, 0.1) is 0 Å². The molecule has 3 nitrogen and oxygen atoms in total. The number of hydrogen-bond acceptors (Lipinski definition) is 3. The minimum absolute atomic E-state index is 0. The van der Waals surface area contributed by atoms with Crippen molar-refractivity contribution in [1.82, 2.24) is 5.32 Å². The zero-order valence-electron chi connectivity index (χ0n) is 6.64. The largest absolute Gasteiger partial charge is 0.466 e. The van der Waals surface area contributed by atoms with Crippen LogP contribution in [-0.4, -0.2) is 26.2 Å². The Morgan fingerprint density at radius 1 is 1.55 bits per heavy atom. The molecule has 4 heteroatoms. The Balaban J connectivity index is 0.000001000. The van der Waals surface area contributed by atoms with Gasteiger partial charge in [-0.05, 0) is 12.5 Å². The smallest absolute Gasteiger partial charge is 0.335 e. The van der Waals surface area contributed by atoms with Crippen molar-refractivity contribution in [3.63, 3.8) is 0 Å². The first kappa shape index (κ1) is 10.5. The van der Waals surface area contributed by atoms with Gasteiger partial charge in [-0.3, -0.25) is 0 Å². The molecule has 0 bridgehead atoms. The molecule has 0 aliphatic carbocycles. The van der Waals surface area contributed by atoms with E-state index in [1.165, 1.54) is 7.11 Å². The zero-order chi connectivity index (χ0) is 7.56. The van der Waals surface area contributed by atoms with Crippen molar-refractivity contribution >= 4 is 18.4 Å². The monoisotopic (exact) mass is 177 g/mol. The second kappa shape index (κ2) is 4.36. The molecule has 0 saturated carbocycles. The number of methoxy groups -OCH3 is 1. The average Bonchev–Trinajstić information content (AvgIpc) is 2.34. The molecule has 1 aliphatic rings. The van der Waals surface area contributed by atoms with E-state index in [-0.39, 0.29) is 18.4 Å². The van der Waals surface area contributed by atoms with Crippen molar-refractivity contribution in [2.75, 3.05) is 20.2 Å². The Morgan fingerprint density at radius 2 is 2.18 bits per heavy atom. The molecular weight excluding hydrogens is 166 g/mol. The normalized spacial score (nSPS) is 16.2. The van der Waals surface area contributed by atoms with Crippen LogP contribution in [0.15, 0.2) is 11.1 Å². The Labute approximate surface area is 72.2 Å². The van der Waals surface area contributed by atoms with Crippen LogP contribution in [0.1, 0.15) is 6.92 Å². The van der Waals surface area contributed by atoms with E-state index < -0.39 is 0 Å². The molecule has 0 saturated heterocycles. The van der Waals surface area contributed by atoms with Crippen LogP contribution in [0.25, 0.3) is 0 Å². The SMILES string of the molecule is COC(=O)C1=C(C)CNC1.Cl. The first-order valence-corrected chi connectivity index (χ1v) is 3.23. The quantitative estimate of drug-likeness (QED) is 0.593. The molecule has 64 valence electrons. The third-order valence-corrected chi connectivity index (χ3v) is 1.64. The van der Waals surface area contributed by atoms with Gasteiger partial charge in [-0.2, -0.15) is 0 Å². The summed E-state index contributed by atoms with van der Waals surface area (Å²) >= 11 is 0. The summed E-state index contributed by atoms with van der Waals surface area (Å²) in [7, 11) is 1.40. The first-order chi connectivity index (χ1) is 4.75. The molecular formula is C7H12ClNO2. The van der Waals surface area contributed by atoms with Crippen LogP contribution in [0.3, 0.4) is 0 Å². The van der Waals surface area contributed by atoms with E-state index in [4.69, 9.17) is 0 Å². The highest BCUT2D eigenvalue weighted by atomic mass is 35.5. The molecule has 0 aromatic rings. The summed E-state index contributed by atoms with van der Waals surface area (Å²) in [6.07, 6.45) is 0. The highest BCUT2D eigenvalue weighted by molar-refractivity contribution is 5.90. The highest BCUT2D eigenvalue weighted by Crippen LogP contribution is 2.09. The van der Waals surface area contributed by atoms with Gasteiger partial charge in [-0.1, -0.05) is 0 Å². The summed E-state index contributed by atoms with van der Waals surface area (Å²) in [5.74, 6) is -0.206. The van der Waals surface area contributed by atoms with E-state index in [0.717, 1.165) is 17.7 Å². The maximum Gasteiger partial charge on any atom is 0.335 e. The number of rotatable bonds is 1. The Hall–Kier alpha value is -0.540. The molecule has 0 amide bonds. The number of ether oxygens (including phenoxy) is 1. The highest BCUT2D eigenvalue weighted by Gasteiger charge is 2.17. The van der Waals surface area contributed by atoms with Crippen LogP contribution < -0.4 is 5.32 Å². The van der Waals surface area contributed by atoms with Gasteiger partial charge in [0.05, 0.1) is 12.7 Å². The molecule has 0 fully saturated rings. The molecule has 0 spiro atoms. The molecule has 0 atom stereocenters.